The molecule has 2 rings (SSSR count). The molecule has 0 spiro atoms. The molecule has 1 aliphatic carbocycles. The highest BCUT2D eigenvalue weighted by Crippen LogP contribution is 2.38. The first kappa shape index (κ1) is 16.1. The maximum atomic E-state index is 6.22. The molecule has 1 aromatic heterocycles. The molecule has 6 heteroatoms. The van der Waals surface area contributed by atoms with Gasteiger partial charge in [-0.05, 0) is 28.8 Å². The first-order valence-corrected chi connectivity index (χ1v) is 8.06. The second-order valence-electron chi connectivity index (χ2n) is 5.14. The van der Waals surface area contributed by atoms with Gasteiger partial charge in [0.05, 0.1) is 16.8 Å². The summed E-state index contributed by atoms with van der Waals surface area (Å²) in [5, 5.41) is 0.419. The SMILES string of the molecule is COCc1nc(C2(OC)CCCCCC2)nc(Cl)c1Br. The molecule has 1 aromatic rings. The number of halogens is 2. The Labute approximate surface area is 133 Å². The summed E-state index contributed by atoms with van der Waals surface area (Å²) in [5.41, 5.74) is 0.353. The monoisotopic (exact) mass is 362 g/mol. The predicted octanol–water partition coefficient (Wildman–Crippen LogP) is 4.23. The van der Waals surface area contributed by atoms with Gasteiger partial charge in [-0.1, -0.05) is 37.3 Å². The van der Waals surface area contributed by atoms with E-state index < -0.39 is 5.60 Å². The third-order valence-corrected chi connectivity index (χ3v) is 5.20. The molecule has 0 N–H and O–H groups in total. The summed E-state index contributed by atoms with van der Waals surface area (Å²) >= 11 is 9.64. The Bertz CT molecular complexity index is 463. The summed E-state index contributed by atoms with van der Waals surface area (Å²) in [6.07, 6.45) is 6.61. The van der Waals surface area contributed by atoms with Crippen molar-refractivity contribution in [3.63, 3.8) is 0 Å². The lowest BCUT2D eigenvalue weighted by molar-refractivity contribution is -0.0355. The second kappa shape index (κ2) is 7.16. The van der Waals surface area contributed by atoms with Crippen LogP contribution in [0.2, 0.25) is 5.15 Å². The van der Waals surface area contributed by atoms with Crippen LogP contribution in [-0.4, -0.2) is 24.2 Å². The van der Waals surface area contributed by atoms with Crippen molar-refractivity contribution in [1.29, 1.82) is 0 Å². The number of hydrogen-bond donors (Lipinski definition) is 0. The first-order chi connectivity index (χ1) is 9.63. The number of hydrogen-bond acceptors (Lipinski definition) is 4. The number of methoxy groups -OCH3 is 2. The molecule has 0 bridgehead atoms. The zero-order valence-corrected chi connectivity index (χ0v) is 14.3. The van der Waals surface area contributed by atoms with E-state index in [1.54, 1.807) is 14.2 Å². The standard InChI is InChI=1S/C14H20BrClN2O2/c1-19-9-10-11(15)12(16)18-13(17-10)14(20-2)7-5-3-4-6-8-14/h3-9H2,1-2H3. The van der Waals surface area contributed by atoms with E-state index in [1.165, 1.54) is 12.8 Å². The van der Waals surface area contributed by atoms with Crippen LogP contribution in [0.15, 0.2) is 4.47 Å². The zero-order valence-electron chi connectivity index (χ0n) is 11.9. The Morgan fingerprint density at radius 1 is 1.15 bits per heavy atom. The van der Waals surface area contributed by atoms with Crippen molar-refractivity contribution in [1.82, 2.24) is 9.97 Å². The molecule has 0 saturated heterocycles. The molecule has 0 aliphatic heterocycles. The van der Waals surface area contributed by atoms with Crippen LogP contribution >= 0.6 is 27.5 Å². The smallest absolute Gasteiger partial charge is 0.162 e. The van der Waals surface area contributed by atoms with E-state index in [4.69, 9.17) is 21.1 Å². The fourth-order valence-electron chi connectivity index (χ4n) is 2.72. The minimum Gasteiger partial charge on any atom is -0.378 e. The third-order valence-electron chi connectivity index (χ3n) is 3.87. The topological polar surface area (TPSA) is 44.2 Å². The van der Waals surface area contributed by atoms with Gasteiger partial charge in [-0.3, -0.25) is 0 Å². The Balaban J connectivity index is 2.43. The molecule has 4 nitrogen and oxygen atoms in total. The summed E-state index contributed by atoms with van der Waals surface area (Å²) in [4.78, 5) is 9.09. The average Bonchev–Trinajstić information content (AvgIpc) is 2.70. The van der Waals surface area contributed by atoms with Gasteiger partial charge in [-0.2, -0.15) is 0 Å². The van der Waals surface area contributed by atoms with Crippen molar-refractivity contribution in [3.05, 3.63) is 21.1 Å². The maximum absolute atomic E-state index is 6.22. The van der Waals surface area contributed by atoms with Crippen LogP contribution < -0.4 is 0 Å². The molecule has 0 unspecified atom stereocenters. The Hall–Kier alpha value is -0.230. The van der Waals surface area contributed by atoms with Gasteiger partial charge in [0.1, 0.15) is 10.8 Å². The van der Waals surface area contributed by atoms with Gasteiger partial charge in [0.15, 0.2) is 5.82 Å². The van der Waals surface area contributed by atoms with Crippen LogP contribution in [0.5, 0.6) is 0 Å². The summed E-state index contributed by atoms with van der Waals surface area (Å²) in [7, 11) is 3.38. The molecule has 0 atom stereocenters. The van der Waals surface area contributed by atoms with Crippen LogP contribution in [-0.2, 0) is 21.7 Å². The maximum Gasteiger partial charge on any atom is 0.162 e. The van der Waals surface area contributed by atoms with E-state index in [-0.39, 0.29) is 0 Å². The highest BCUT2D eigenvalue weighted by Gasteiger charge is 2.36. The fraction of sp³-hybridized carbons (Fsp3) is 0.714. The van der Waals surface area contributed by atoms with Crippen molar-refractivity contribution in [2.24, 2.45) is 0 Å². The summed E-state index contributed by atoms with van der Waals surface area (Å²) < 4.78 is 11.7. The first-order valence-electron chi connectivity index (χ1n) is 6.89. The van der Waals surface area contributed by atoms with E-state index in [1.807, 2.05) is 0 Å². The molecule has 1 saturated carbocycles. The van der Waals surface area contributed by atoms with Gasteiger partial charge in [-0.25, -0.2) is 9.97 Å². The molecule has 1 aliphatic rings. The Morgan fingerprint density at radius 2 is 1.80 bits per heavy atom. The lowest BCUT2D eigenvalue weighted by Crippen LogP contribution is -2.31. The highest BCUT2D eigenvalue weighted by molar-refractivity contribution is 9.10. The van der Waals surface area contributed by atoms with Crippen molar-refractivity contribution < 1.29 is 9.47 Å². The number of ether oxygens (including phenoxy) is 2. The molecule has 112 valence electrons. The number of rotatable bonds is 4. The lowest BCUT2D eigenvalue weighted by Gasteiger charge is -2.30. The summed E-state index contributed by atoms with van der Waals surface area (Å²) in [6, 6.07) is 0. The van der Waals surface area contributed by atoms with E-state index in [0.717, 1.165) is 31.4 Å². The van der Waals surface area contributed by atoms with Crippen molar-refractivity contribution in [2.45, 2.75) is 50.7 Å². The van der Waals surface area contributed by atoms with Crippen molar-refractivity contribution in [2.75, 3.05) is 14.2 Å². The van der Waals surface area contributed by atoms with Gasteiger partial charge in [0.25, 0.3) is 0 Å². The fourth-order valence-corrected chi connectivity index (χ4v) is 3.20. The van der Waals surface area contributed by atoms with Crippen molar-refractivity contribution >= 4 is 27.5 Å². The molecule has 1 heterocycles. The predicted molar refractivity (Wildman–Crippen MR) is 81.8 cm³/mol. The highest BCUT2D eigenvalue weighted by atomic mass is 79.9. The van der Waals surface area contributed by atoms with E-state index >= 15 is 0 Å². The summed E-state index contributed by atoms with van der Waals surface area (Å²) in [5.74, 6) is 0.683. The van der Waals surface area contributed by atoms with Gasteiger partial charge in [0, 0.05) is 14.2 Å². The average molecular weight is 364 g/mol. The number of aromatic nitrogens is 2. The molecular formula is C14H20BrClN2O2. The zero-order chi connectivity index (χ0) is 14.6. The lowest BCUT2D eigenvalue weighted by atomic mass is 9.93. The van der Waals surface area contributed by atoms with Gasteiger partial charge >= 0.3 is 0 Å². The minimum absolute atomic E-state index is 0.398. The molecular weight excluding hydrogens is 344 g/mol. The minimum atomic E-state index is -0.413. The van der Waals surface area contributed by atoms with Gasteiger partial charge in [-0.15, -0.1) is 0 Å². The van der Waals surface area contributed by atoms with Crippen LogP contribution in [0.3, 0.4) is 0 Å². The largest absolute Gasteiger partial charge is 0.378 e. The number of nitrogens with zero attached hydrogens (tertiary/aromatic N) is 2. The van der Waals surface area contributed by atoms with E-state index in [9.17, 15) is 0 Å². The van der Waals surface area contributed by atoms with Crippen LogP contribution in [0.4, 0.5) is 0 Å². The Morgan fingerprint density at radius 3 is 2.35 bits per heavy atom. The normalized spacial score (nSPS) is 18.8. The van der Waals surface area contributed by atoms with E-state index in [0.29, 0.717) is 22.1 Å². The van der Waals surface area contributed by atoms with E-state index in [2.05, 4.69) is 25.9 Å². The molecule has 0 aromatic carbocycles. The Kier molecular flexibility index (Phi) is 5.78. The van der Waals surface area contributed by atoms with Gasteiger partial charge in [0.2, 0.25) is 0 Å². The molecule has 1 fully saturated rings. The quantitative estimate of drug-likeness (QED) is 0.593. The van der Waals surface area contributed by atoms with Crippen LogP contribution in [0.1, 0.15) is 50.0 Å². The molecule has 20 heavy (non-hydrogen) atoms. The second-order valence-corrected chi connectivity index (χ2v) is 6.30. The molecule has 0 radical (unpaired) electrons. The van der Waals surface area contributed by atoms with Crippen LogP contribution in [0.25, 0.3) is 0 Å². The van der Waals surface area contributed by atoms with Crippen molar-refractivity contribution in [3.8, 4) is 0 Å². The van der Waals surface area contributed by atoms with Gasteiger partial charge < -0.3 is 9.47 Å². The third kappa shape index (κ3) is 3.32. The van der Waals surface area contributed by atoms with Crippen LogP contribution in [0, 0.1) is 0 Å². The summed E-state index contributed by atoms with van der Waals surface area (Å²) in [6.45, 7) is 0.398. The molecule has 0 amide bonds.